The largest absolute Gasteiger partial charge is 0.355 e. The number of nitrogens with zero attached hydrogens (tertiary/aromatic N) is 3. The van der Waals surface area contributed by atoms with Gasteiger partial charge in [-0.05, 0) is 26.8 Å². The van der Waals surface area contributed by atoms with E-state index in [0.717, 1.165) is 43.5 Å². The molecule has 0 atom stereocenters. The first-order valence-corrected chi connectivity index (χ1v) is 6.90. The predicted octanol–water partition coefficient (Wildman–Crippen LogP) is 2.02. The first-order chi connectivity index (χ1) is 8.59. The Balaban J connectivity index is 2.35. The third-order valence-electron chi connectivity index (χ3n) is 3.54. The molecule has 2 heterocycles. The normalized spacial score (nSPS) is 17.1. The van der Waals surface area contributed by atoms with Crippen molar-refractivity contribution in [3.8, 4) is 0 Å². The summed E-state index contributed by atoms with van der Waals surface area (Å²) >= 11 is 0. The molecule has 1 aromatic rings. The van der Waals surface area contributed by atoms with Gasteiger partial charge in [0.1, 0.15) is 11.6 Å². The van der Waals surface area contributed by atoms with Crippen molar-refractivity contribution in [2.45, 2.75) is 40.0 Å². The molecule has 1 fully saturated rings. The Morgan fingerprint density at radius 1 is 1.11 bits per heavy atom. The zero-order valence-corrected chi connectivity index (χ0v) is 12.0. The van der Waals surface area contributed by atoms with Crippen LogP contribution in [0.4, 0.5) is 5.82 Å². The lowest BCUT2D eigenvalue weighted by Gasteiger charge is -2.24. The Morgan fingerprint density at radius 3 is 2.61 bits per heavy atom. The minimum absolute atomic E-state index is 0.383. The molecule has 2 rings (SSSR count). The van der Waals surface area contributed by atoms with Gasteiger partial charge in [0, 0.05) is 36.8 Å². The van der Waals surface area contributed by atoms with Gasteiger partial charge in [-0.3, -0.25) is 0 Å². The SMILES string of the molecule is Cc1nc(C(C)C)nc(N2CCCNCC2)c1C. The molecule has 0 saturated carbocycles. The number of hydrogen-bond acceptors (Lipinski definition) is 4. The van der Waals surface area contributed by atoms with Gasteiger partial charge in [0.15, 0.2) is 0 Å². The number of aromatic nitrogens is 2. The highest BCUT2D eigenvalue weighted by molar-refractivity contribution is 5.48. The van der Waals surface area contributed by atoms with Crippen molar-refractivity contribution in [3.05, 3.63) is 17.1 Å². The van der Waals surface area contributed by atoms with Crippen LogP contribution in [0.25, 0.3) is 0 Å². The molecule has 0 aromatic carbocycles. The van der Waals surface area contributed by atoms with Crippen molar-refractivity contribution in [2.75, 3.05) is 31.1 Å². The van der Waals surface area contributed by atoms with Gasteiger partial charge >= 0.3 is 0 Å². The average molecular weight is 248 g/mol. The van der Waals surface area contributed by atoms with Crippen LogP contribution < -0.4 is 10.2 Å². The molecule has 1 aliphatic rings. The van der Waals surface area contributed by atoms with Crippen LogP contribution in [-0.2, 0) is 0 Å². The zero-order valence-electron chi connectivity index (χ0n) is 12.0. The number of anilines is 1. The number of hydrogen-bond donors (Lipinski definition) is 1. The van der Waals surface area contributed by atoms with E-state index in [2.05, 4.69) is 42.9 Å². The maximum atomic E-state index is 4.78. The van der Waals surface area contributed by atoms with Crippen molar-refractivity contribution in [1.29, 1.82) is 0 Å². The van der Waals surface area contributed by atoms with Crippen LogP contribution in [0.2, 0.25) is 0 Å². The maximum Gasteiger partial charge on any atom is 0.135 e. The van der Waals surface area contributed by atoms with Crippen LogP contribution in [0.1, 0.15) is 43.3 Å². The van der Waals surface area contributed by atoms with Gasteiger partial charge in [0.05, 0.1) is 0 Å². The minimum atomic E-state index is 0.383. The van der Waals surface area contributed by atoms with Crippen molar-refractivity contribution in [2.24, 2.45) is 0 Å². The van der Waals surface area contributed by atoms with E-state index in [4.69, 9.17) is 4.98 Å². The molecule has 0 unspecified atom stereocenters. The van der Waals surface area contributed by atoms with Crippen LogP contribution >= 0.6 is 0 Å². The first kappa shape index (κ1) is 13.3. The number of aryl methyl sites for hydroxylation is 1. The standard InChI is InChI=1S/C14H24N4/c1-10(2)13-16-12(4)11(3)14(17-13)18-8-5-6-15-7-9-18/h10,15H,5-9H2,1-4H3. The molecule has 1 aromatic heterocycles. The van der Waals surface area contributed by atoms with Crippen molar-refractivity contribution in [3.63, 3.8) is 0 Å². The summed E-state index contributed by atoms with van der Waals surface area (Å²) in [6.07, 6.45) is 1.18. The molecule has 0 spiro atoms. The van der Waals surface area contributed by atoms with Gasteiger partial charge in [-0.25, -0.2) is 9.97 Å². The summed E-state index contributed by atoms with van der Waals surface area (Å²) in [5, 5.41) is 3.43. The fourth-order valence-corrected chi connectivity index (χ4v) is 2.26. The highest BCUT2D eigenvalue weighted by Gasteiger charge is 2.17. The zero-order chi connectivity index (χ0) is 13.1. The third-order valence-corrected chi connectivity index (χ3v) is 3.54. The Morgan fingerprint density at radius 2 is 1.89 bits per heavy atom. The van der Waals surface area contributed by atoms with Crippen molar-refractivity contribution >= 4 is 5.82 Å². The highest BCUT2D eigenvalue weighted by Crippen LogP contribution is 2.22. The summed E-state index contributed by atoms with van der Waals surface area (Å²) in [5.41, 5.74) is 2.34. The van der Waals surface area contributed by atoms with Crippen LogP contribution in [0.3, 0.4) is 0 Å². The fourth-order valence-electron chi connectivity index (χ4n) is 2.26. The lowest BCUT2D eigenvalue weighted by Crippen LogP contribution is -2.30. The van der Waals surface area contributed by atoms with E-state index in [1.54, 1.807) is 0 Å². The number of rotatable bonds is 2. The van der Waals surface area contributed by atoms with Gasteiger partial charge in [-0.15, -0.1) is 0 Å². The smallest absolute Gasteiger partial charge is 0.135 e. The molecule has 1 aliphatic heterocycles. The minimum Gasteiger partial charge on any atom is -0.355 e. The molecule has 1 saturated heterocycles. The van der Waals surface area contributed by atoms with E-state index in [1.165, 1.54) is 12.0 Å². The molecule has 100 valence electrons. The molecule has 0 amide bonds. The molecule has 0 aliphatic carbocycles. The van der Waals surface area contributed by atoms with Crippen molar-refractivity contribution in [1.82, 2.24) is 15.3 Å². The van der Waals surface area contributed by atoms with E-state index in [0.29, 0.717) is 5.92 Å². The quantitative estimate of drug-likeness (QED) is 0.869. The Hall–Kier alpha value is -1.16. The molecular weight excluding hydrogens is 224 g/mol. The molecular formula is C14H24N4. The lowest BCUT2D eigenvalue weighted by atomic mass is 10.1. The fraction of sp³-hybridized carbons (Fsp3) is 0.714. The topological polar surface area (TPSA) is 41.1 Å². The van der Waals surface area contributed by atoms with Crippen LogP contribution in [0, 0.1) is 13.8 Å². The van der Waals surface area contributed by atoms with Crippen LogP contribution in [0.5, 0.6) is 0 Å². The van der Waals surface area contributed by atoms with Gasteiger partial charge < -0.3 is 10.2 Å². The van der Waals surface area contributed by atoms with Gasteiger partial charge in [0.25, 0.3) is 0 Å². The van der Waals surface area contributed by atoms with E-state index >= 15 is 0 Å². The van der Waals surface area contributed by atoms with Crippen molar-refractivity contribution < 1.29 is 0 Å². The monoisotopic (exact) mass is 248 g/mol. The van der Waals surface area contributed by atoms with Gasteiger partial charge in [-0.1, -0.05) is 13.8 Å². The first-order valence-electron chi connectivity index (χ1n) is 6.90. The van der Waals surface area contributed by atoms with Crippen LogP contribution in [-0.4, -0.2) is 36.1 Å². The Kier molecular flexibility index (Phi) is 4.17. The second-order valence-electron chi connectivity index (χ2n) is 5.36. The van der Waals surface area contributed by atoms with E-state index in [1.807, 2.05) is 0 Å². The van der Waals surface area contributed by atoms with Gasteiger partial charge in [-0.2, -0.15) is 0 Å². The summed E-state index contributed by atoms with van der Waals surface area (Å²) in [4.78, 5) is 11.8. The number of nitrogens with one attached hydrogen (secondary N) is 1. The third kappa shape index (κ3) is 2.80. The average Bonchev–Trinajstić information content (AvgIpc) is 2.61. The summed E-state index contributed by atoms with van der Waals surface area (Å²) in [7, 11) is 0. The second-order valence-corrected chi connectivity index (χ2v) is 5.36. The maximum absolute atomic E-state index is 4.78. The summed E-state index contributed by atoms with van der Waals surface area (Å²) < 4.78 is 0. The van der Waals surface area contributed by atoms with Gasteiger partial charge in [0.2, 0.25) is 0 Å². The van der Waals surface area contributed by atoms with E-state index in [9.17, 15) is 0 Å². The molecule has 0 bridgehead atoms. The molecule has 1 N–H and O–H groups in total. The molecule has 18 heavy (non-hydrogen) atoms. The molecule has 4 nitrogen and oxygen atoms in total. The summed E-state index contributed by atoms with van der Waals surface area (Å²) in [5.74, 6) is 2.48. The molecule has 4 heteroatoms. The Bertz CT molecular complexity index is 407. The lowest BCUT2D eigenvalue weighted by molar-refractivity contribution is 0.723. The van der Waals surface area contributed by atoms with Crippen LogP contribution in [0.15, 0.2) is 0 Å². The predicted molar refractivity (Wildman–Crippen MR) is 75.3 cm³/mol. The van der Waals surface area contributed by atoms with E-state index < -0.39 is 0 Å². The van der Waals surface area contributed by atoms with E-state index in [-0.39, 0.29) is 0 Å². The molecule has 0 radical (unpaired) electrons. The summed E-state index contributed by atoms with van der Waals surface area (Å²) in [6.45, 7) is 12.8. The Labute approximate surface area is 110 Å². The second kappa shape index (κ2) is 5.65. The highest BCUT2D eigenvalue weighted by atomic mass is 15.2. The summed E-state index contributed by atoms with van der Waals surface area (Å²) in [6, 6.07) is 0.